The number of hydrogen-bond acceptors (Lipinski definition) is 4. The maximum atomic E-state index is 9.53. The molecule has 3 nitrogen and oxygen atoms in total. The average molecular weight is 1110 g/mol. The average Bonchev–Trinajstić information content (AvgIpc) is 0.925. The van der Waals surface area contributed by atoms with E-state index in [1.54, 1.807) is 0 Å². The van der Waals surface area contributed by atoms with E-state index in [-0.39, 0.29) is 5.41 Å². The van der Waals surface area contributed by atoms with Crippen molar-refractivity contribution in [2.75, 3.05) is 9.80 Å². The van der Waals surface area contributed by atoms with Gasteiger partial charge in [-0.25, -0.2) is 0 Å². The van der Waals surface area contributed by atoms with Gasteiger partial charge >= 0.3 is 0 Å². The van der Waals surface area contributed by atoms with Gasteiger partial charge in [0.25, 0.3) is 0 Å². The number of nitrogens with zero attached hydrogens (tertiary/aromatic N) is 3. The first-order chi connectivity index (χ1) is 41.7. The molecule has 2 heterocycles. The SMILES string of the molecule is CCCC.Cc1ccc(-c2c(N3c4ccccc4C(C)(C)c4ccccc43)c3cc4ccccc4cc3c3ccccc23)cc1.N#Cc1ccc(-c2c(N3c4ccccc4Sc4ccccc43)c3cc4ccccc4cc3c3ccccc23)cc1. The van der Waals surface area contributed by atoms with E-state index in [2.05, 4.69) is 305 Å². The molecule has 0 N–H and O–H groups in total. The van der Waals surface area contributed by atoms with E-state index in [0.717, 1.165) is 11.3 Å². The van der Waals surface area contributed by atoms with Crippen LogP contribution in [0, 0.1) is 18.3 Å². The second kappa shape index (κ2) is 22.0. The number of para-hydroxylation sites is 4. The monoisotopic (exact) mass is 1110 g/mol. The normalized spacial score (nSPS) is 12.8. The summed E-state index contributed by atoms with van der Waals surface area (Å²) in [4.78, 5) is 7.47. The molecule has 0 atom stereocenters. The molecule has 0 bridgehead atoms. The third kappa shape index (κ3) is 9.15. The fraction of sp³-hybridized carbons (Fsp3) is 0.0988. The van der Waals surface area contributed by atoms with E-state index in [0.29, 0.717) is 5.56 Å². The van der Waals surface area contributed by atoms with Crippen LogP contribution in [0.2, 0.25) is 0 Å². The van der Waals surface area contributed by atoms with Gasteiger partial charge in [-0.15, -0.1) is 0 Å². The van der Waals surface area contributed by atoms with Crippen LogP contribution in [0.25, 0.3) is 86.9 Å². The Morgan fingerprint density at radius 1 is 0.365 bits per heavy atom. The molecule has 0 saturated heterocycles. The Balaban J connectivity index is 0.000000142. The van der Waals surface area contributed by atoms with Crippen molar-refractivity contribution in [3.63, 3.8) is 0 Å². The summed E-state index contributed by atoms with van der Waals surface area (Å²) in [5.74, 6) is 0. The Bertz CT molecular complexity index is 4860. The van der Waals surface area contributed by atoms with E-state index in [1.165, 1.54) is 149 Å². The van der Waals surface area contributed by atoms with Gasteiger partial charge in [-0.1, -0.05) is 252 Å². The highest BCUT2D eigenvalue weighted by Crippen LogP contribution is 2.59. The van der Waals surface area contributed by atoms with Gasteiger partial charge in [0.1, 0.15) is 0 Å². The van der Waals surface area contributed by atoms with Crippen LogP contribution in [0.4, 0.5) is 34.1 Å². The van der Waals surface area contributed by atoms with Crippen LogP contribution < -0.4 is 9.80 Å². The molecule has 0 unspecified atom stereocenters. The molecule has 0 aliphatic carbocycles. The van der Waals surface area contributed by atoms with Crippen molar-refractivity contribution in [3.8, 4) is 28.3 Å². The lowest BCUT2D eigenvalue weighted by Gasteiger charge is -2.43. The van der Waals surface area contributed by atoms with Crippen LogP contribution >= 0.6 is 11.8 Å². The number of benzene rings is 14. The predicted molar refractivity (Wildman–Crippen MR) is 364 cm³/mol. The molecule has 2 aliphatic heterocycles. The highest BCUT2D eigenvalue weighted by molar-refractivity contribution is 7.99. The highest BCUT2D eigenvalue weighted by Gasteiger charge is 2.38. The van der Waals surface area contributed by atoms with Gasteiger partial charge in [-0.2, -0.15) is 5.26 Å². The maximum Gasteiger partial charge on any atom is 0.0991 e. The molecular formula is C81H63N3S. The maximum absolute atomic E-state index is 9.53. The molecular weight excluding hydrogens is 1050 g/mol. The molecule has 14 aromatic carbocycles. The number of rotatable bonds is 5. The van der Waals surface area contributed by atoms with Crippen molar-refractivity contribution in [3.05, 3.63) is 289 Å². The lowest BCUT2D eigenvalue weighted by molar-refractivity contribution is 0.632. The van der Waals surface area contributed by atoms with E-state index in [4.69, 9.17) is 0 Å². The van der Waals surface area contributed by atoms with Crippen LogP contribution in [0.1, 0.15) is 62.8 Å². The van der Waals surface area contributed by atoms with Gasteiger partial charge in [0.15, 0.2) is 0 Å². The van der Waals surface area contributed by atoms with Gasteiger partial charge in [-0.05, 0) is 156 Å². The standard InChI is InChI=1S/C40H31N.C37H22N2S.C4H10/c1-26-20-22-27(23-21-26)38-31-15-7-6-14-30(31)32-24-28-12-4-5-13-29(28)25-33(32)39(38)41-36-18-10-8-16-34(36)40(2,3)35-17-9-11-19-37(35)41;38-23-24-17-19-25(20-18-24)36-29-12-4-3-11-28(29)30-21-26-9-1-2-10-27(26)22-31(30)37(36)39-32-13-5-7-15-34(32)40-35-16-8-6-14-33(35)39;1-3-4-2/h4-25H,1-3H3;1-22H;3-4H2,1-2H3. The minimum absolute atomic E-state index is 0.118. The first kappa shape index (κ1) is 53.1. The third-order valence-electron chi connectivity index (χ3n) is 17.4. The van der Waals surface area contributed by atoms with Crippen LogP contribution in [0.15, 0.2) is 277 Å². The quantitative estimate of drug-likeness (QED) is 0.127. The van der Waals surface area contributed by atoms with Gasteiger partial charge in [-0.3, -0.25) is 0 Å². The molecule has 0 amide bonds. The van der Waals surface area contributed by atoms with E-state index in [9.17, 15) is 5.26 Å². The summed E-state index contributed by atoms with van der Waals surface area (Å²) >= 11 is 1.82. The topological polar surface area (TPSA) is 30.3 Å². The summed E-state index contributed by atoms with van der Waals surface area (Å²) in [5, 5.41) is 24.4. The highest BCUT2D eigenvalue weighted by atomic mass is 32.2. The molecule has 0 saturated carbocycles. The molecule has 14 aromatic rings. The minimum atomic E-state index is -0.118. The van der Waals surface area contributed by atoms with Crippen LogP contribution in [0.5, 0.6) is 0 Å². The summed E-state index contributed by atoms with van der Waals surface area (Å²) in [6.07, 6.45) is 2.64. The van der Waals surface area contributed by atoms with E-state index < -0.39 is 0 Å². The number of fused-ring (bicyclic) bond motifs is 12. The number of hydrogen-bond donors (Lipinski definition) is 0. The lowest BCUT2D eigenvalue weighted by Crippen LogP contribution is -2.30. The molecule has 16 rings (SSSR count). The second-order valence-electron chi connectivity index (χ2n) is 23.0. The Hall–Kier alpha value is -9.92. The fourth-order valence-corrected chi connectivity index (χ4v) is 14.1. The van der Waals surface area contributed by atoms with E-state index in [1.807, 2.05) is 23.9 Å². The van der Waals surface area contributed by atoms with Crippen molar-refractivity contribution in [1.29, 1.82) is 5.26 Å². The molecule has 4 heteroatoms. The van der Waals surface area contributed by atoms with Crippen LogP contribution in [-0.4, -0.2) is 0 Å². The number of nitriles is 1. The third-order valence-corrected chi connectivity index (χ3v) is 18.5. The minimum Gasteiger partial charge on any atom is -0.309 e. The molecule has 85 heavy (non-hydrogen) atoms. The van der Waals surface area contributed by atoms with Gasteiger partial charge in [0.05, 0.1) is 45.8 Å². The fourth-order valence-electron chi connectivity index (χ4n) is 13.1. The zero-order chi connectivity index (χ0) is 57.8. The summed E-state index contributed by atoms with van der Waals surface area (Å²) in [6, 6.07) is 99.2. The Morgan fingerprint density at radius 2 is 0.706 bits per heavy atom. The van der Waals surface area contributed by atoms with Crippen molar-refractivity contribution in [2.24, 2.45) is 0 Å². The van der Waals surface area contributed by atoms with Crippen molar-refractivity contribution >= 4 is 111 Å². The molecule has 0 radical (unpaired) electrons. The summed E-state index contributed by atoms with van der Waals surface area (Å²) in [7, 11) is 0. The lowest BCUT2D eigenvalue weighted by atomic mass is 9.73. The molecule has 0 aromatic heterocycles. The Kier molecular flexibility index (Phi) is 13.8. The summed E-state index contributed by atoms with van der Waals surface area (Å²) < 4.78 is 0. The first-order valence-electron chi connectivity index (χ1n) is 29.7. The first-order valence-corrected chi connectivity index (χ1v) is 30.5. The Morgan fingerprint density at radius 3 is 1.13 bits per heavy atom. The van der Waals surface area contributed by atoms with Gasteiger partial charge in [0, 0.05) is 37.1 Å². The van der Waals surface area contributed by atoms with Gasteiger partial charge in [0.2, 0.25) is 0 Å². The molecule has 0 fully saturated rings. The Labute approximate surface area is 502 Å². The van der Waals surface area contributed by atoms with Crippen molar-refractivity contribution in [2.45, 2.75) is 62.7 Å². The molecule has 408 valence electrons. The zero-order valence-corrected chi connectivity index (χ0v) is 49.4. The van der Waals surface area contributed by atoms with Crippen molar-refractivity contribution < 1.29 is 0 Å². The predicted octanol–water partition coefficient (Wildman–Crippen LogP) is 23.7. The zero-order valence-electron chi connectivity index (χ0n) is 48.6. The largest absolute Gasteiger partial charge is 0.309 e. The van der Waals surface area contributed by atoms with Crippen LogP contribution in [0.3, 0.4) is 0 Å². The number of anilines is 6. The van der Waals surface area contributed by atoms with Gasteiger partial charge < -0.3 is 9.80 Å². The molecule has 2 aliphatic rings. The van der Waals surface area contributed by atoms with E-state index >= 15 is 0 Å². The van der Waals surface area contributed by atoms with Crippen molar-refractivity contribution in [1.82, 2.24) is 0 Å². The smallest absolute Gasteiger partial charge is 0.0991 e. The van der Waals surface area contributed by atoms with Crippen LogP contribution in [-0.2, 0) is 5.41 Å². The summed E-state index contributed by atoms with van der Waals surface area (Å²) in [5.41, 5.74) is 16.5. The summed E-state index contributed by atoms with van der Waals surface area (Å²) in [6.45, 7) is 11.2. The number of unbranched alkanes of at least 4 members (excludes halogenated alkanes) is 1. The molecule has 0 spiro atoms. The second-order valence-corrected chi connectivity index (χ2v) is 24.0. The number of aryl methyl sites for hydroxylation is 1.